The van der Waals surface area contributed by atoms with E-state index in [1.54, 1.807) is 0 Å². The molecule has 120 valence electrons. The Morgan fingerprint density at radius 3 is 2.77 bits per heavy atom. The predicted octanol–water partition coefficient (Wildman–Crippen LogP) is 3.62. The Morgan fingerprint density at radius 2 is 2.00 bits per heavy atom. The van der Waals surface area contributed by atoms with Crippen LogP contribution in [0.1, 0.15) is 44.6 Å². The molecule has 1 aromatic carbocycles. The van der Waals surface area contributed by atoms with Crippen molar-refractivity contribution in [3.63, 3.8) is 0 Å². The van der Waals surface area contributed by atoms with E-state index in [1.807, 2.05) is 11.1 Å². The molecule has 0 N–H and O–H groups in total. The SMILES string of the molecule is CCC[C@@H]1CCCCN1N1C(=O)OC[C@@H]1Cc1ccccc1. The lowest BCUT2D eigenvalue weighted by atomic mass is 9.99. The van der Waals surface area contributed by atoms with Crippen molar-refractivity contribution in [2.45, 2.75) is 57.5 Å². The summed E-state index contributed by atoms with van der Waals surface area (Å²) >= 11 is 0. The van der Waals surface area contributed by atoms with Gasteiger partial charge in [0.05, 0.1) is 6.04 Å². The molecule has 2 atom stereocenters. The van der Waals surface area contributed by atoms with Crippen LogP contribution in [0.2, 0.25) is 0 Å². The first-order chi connectivity index (χ1) is 10.8. The summed E-state index contributed by atoms with van der Waals surface area (Å²) < 4.78 is 5.38. The summed E-state index contributed by atoms with van der Waals surface area (Å²) in [5.41, 5.74) is 1.26. The number of hydrogen-bond donors (Lipinski definition) is 0. The van der Waals surface area contributed by atoms with Crippen LogP contribution in [0.15, 0.2) is 30.3 Å². The van der Waals surface area contributed by atoms with Gasteiger partial charge in [-0.1, -0.05) is 50.1 Å². The van der Waals surface area contributed by atoms with Gasteiger partial charge in [-0.25, -0.2) is 14.8 Å². The molecule has 1 amide bonds. The molecule has 0 bridgehead atoms. The van der Waals surface area contributed by atoms with Crippen LogP contribution in [-0.2, 0) is 11.2 Å². The first-order valence-electron chi connectivity index (χ1n) is 8.56. The van der Waals surface area contributed by atoms with Crippen LogP contribution in [0.25, 0.3) is 0 Å². The normalized spacial score (nSPS) is 26.2. The van der Waals surface area contributed by atoms with Gasteiger partial charge in [0.25, 0.3) is 0 Å². The molecule has 0 aliphatic carbocycles. The van der Waals surface area contributed by atoms with Crippen LogP contribution in [-0.4, -0.2) is 41.3 Å². The van der Waals surface area contributed by atoms with Crippen LogP contribution >= 0.6 is 0 Å². The van der Waals surface area contributed by atoms with E-state index in [0.29, 0.717) is 12.6 Å². The molecule has 0 radical (unpaired) electrons. The first kappa shape index (κ1) is 15.3. The maximum absolute atomic E-state index is 12.3. The van der Waals surface area contributed by atoms with Crippen LogP contribution in [0, 0.1) is 0 Å². The predicted molar refractivity (Wildman–Crippen MR) is 86.4 cm³/mol. The zero-order chi connectivity index (χ0) is 15.4. The van der Waals surface area contributed by atoms with E-state index in [2.05, 4.69) is 36.2 Å². The summed E-state index contributed by atoms with van der Waals surface area (Å²) in [5.74, 6) is 0. The largest absolute Gasteiger partial charge is 0.446 e. The summed E-state index contributed by atoms with van der Waals surface area (Å²) in [5, 5.41) is 4.22. The van der Waals surface area contributed by atoms with Gasteiger partial charge < -0.3 is 4.74 Å². The number of benzene rings is 1. The van der Waals surface area contributed by atoms with Gasteiger partial charge in [0, 0.05) is 12.6 Å². The number of carbonyl (C=O) groups excluding carboxylic acids is 1. The summed E-state index contributed by atoms with van der Waals surface area (Å²) in [6.45, 7) is 3.70. The van der Waals surface area contributed by atoms with E-state index in [4.69, 9.17) is 4.74 Å². The smallest absolute Gasteiger partial charge is 0.424 e. The molecule has 22 heavy (non-hydrogen) atoms. The fraction of sp³-hybridized carbons (Fsp3) is 0.611. The molecular weight excluding hydrogens is 276 g/mol. The Balaban J connectivity index is 1.74. The average molecular weight is 302 g/mol. The Morgan fingerprint density at radius 1 is 1.18 bits per heavy atom. The summed E-state index contributed by atoms with van der Waals surface area (Å²) in [7, 11) is 0. The number of hydrogen-bond acceptors (Lipinski definition) is 3. The van der Waals surface area contributed by atoms with Gasteiger partial charge in [-0.2, -0.15) is 0 Å². The number of rotatable bonds is 5. The first-order valence-corrected chi connectivity index (χ1v) is 8.56. The van der Waals surface area contributed by atoms with E-state index in [0.717, 1.165) is 25.8 Å². The van der Waals surface area contributed by atoms with Crippen LogP contribution < -0.4 is 0 Å². The minimum Gasteiger partial charge on any atom is -0.446 e. The summed E-state index contributed by atoms with van der Waals surface area (Å²) in [6, 6.07) is 11.0. The third kappa shape index (κ3) is 3.27. The monoisotopic (exact) mass is 302 g/mol. The Hall–Kier alpha value is -1.55. The van der Waals surface area contributed by atoms with Gasteiger partial charge in [-0.05, 0) is 31.2 Å². The molecule has 0 unspecified atom stereocenters. The molecular formula is C18H26N2O2. The van der Waals surface area contributed by atoms with Crippen molar-refractivity contribution in [3.05, 3.63) is 35.9 Å². The molecule has 2 heterocycles. The second-order valence-electron chi connectivity index (χ2n) is 6.37. The molecule has 2 aliphatic rings. The molecule has 4 nitrogen and oxygen atoms in total. The second-order valence-corrected chi connectivity index (χ2v) is 6.37. The van der Waals surface area contributed by atoms with E-state index in [1.165, 1.54) is 24.8 Å². The molecule has 4 heteroatoms. The summed E-state index contributed by atoms with van der Waals surface area (Å²) in [4.78, 5) is 12.3. The zero-order valence-electron chi connectivity index (χ0n) is 13.4. The topological polar surface area (TPSA) is 32.8 Å². The number of nitrogens with zero attached hydrogens (tertiary/aromatic N) is 2. The van der Waals surface area contributed by atoms with Crippen LogP contribution in [0.5, 0.6) is 0 Å². The standard InChI is InChI=1S/C18H26N2O2/c1-2-8-16-11-6-7-12-19(16)20-17(14-22-18(20)21)13-15-9-4-3-5-10-15/h3-5,9-10,16-17H,2,6-8,11-14H2,1H3/t16-,17+/m1/s1. The number of carbonyl (C=O) groups is 1. The van der Waals surface area contributed by atoms with Gasteiger partial charge >= 0.3 is 6.09 Å². The maximum atomic E-state index is 12.3. The van der Waals surface area contributed by atoms with E-state index in [9.17, 15) is 4.79 Å². The lowest BCUT2D eigenvalue weighted by molar-refractivity contribution is -0.0580. The van der Waals surface area contributed by atoms with Crippen molar-refractivity contribution in [1.82, 2.24) is 10.0 Å². The fourth-order valence-electron chi connectivity index (χ4n) is 3.70. The summed E-state index contributed by atoms with van der Waals surface area (Å²) in [6.07, 6.45) is 6.64. The van der Waals surface area contributed by atoms with Crippen LogP contribution in [0.3, 0.4) is 0 Å². The highest BCUT2D eigenvalue weighted by molar-refractivity contribution is 5.69. The van der Waals surface area contributed by atoms with E-state index in [-0.39, 0.29) is 12.1 Å². The Labute approximate surface area is 133 Å². The quantitative estimate of drug-likeness (QED) is 0.833. The average Bonchev–Trinajstić information content (AvgIpc) is 2.90. The fourth-order valence-corrected chi connectivity index (χ4v) is 3.70. The minimum atomic E-state index is -0.163. The van der Waals surface area contributed by atoms with Gasteiger partial charge in [0.2, 0.25) is 0 Å². The van der Waals surface area contributed by atoms with Gasteiger partial charge in [0.15, 0.2) is 0 Å². The van der Waals surface area contributed by atoms with Crippen molar-refractivity contribution in [1.29, 1.82) is 0 Å². The molecule has 3 rings (SSSR count). The van der Waals surface area contributed by atoms with E-state index < -0.39 is 0 Å². The molecule has 0 aromatic heterocycles. The number of piperidine rings is 1. The highest BCUT2D eigenvalue weighted by atomic mass is 16.6. The number of amides is 1. The highest BCUT2D eigenvalue weighted by Crippen LogP contribution is 2.28. The van der Waals surface area contributed by atoms with Crippen LogP contribution in [0.4, 0.5) is 4.79 Å². The highest BCUT2D eigenvalue weighted by Gasteiger charge is 2.40. The number of hydrazine groups is 1. The van der Waals surface area contributed by atoms with Gasteiger partial charge in [-0.15, -0.1) is 0 Å². The Bertz CT molecular complexity index is 489. The minimum absolute atomic E-state index is 0.132. The number of cyclic esters (lactones) is 1. The van der Waals surface area contributed by atoms with Crippen molar-refractivity contribution in [2.24, 2.45) is 0 Å². The maximum Gasteiger partial charge on any atom is 0.424 e. The third-order valence-corrected chi connectivity index (χ3v) is 4.74. The third-order valence-electron chi connectivity index (χ3n) is 4.74. The molecule has 2 saturated heterocycles. The van der Waals surface area contributed by atoms with E-state index >= 15 is 0 Å². The zero-order valence-corrected chi connectivity index (χ0v) is 13.4. The van der Waals surface area contributed by atoms with Crippen molar-refractivity contribution >= 4 is 6.09 Å². The lowest BCUT2D eigenvalue weighted by Gasteiger charge is -2.42. The van der Waals surface area contributed by atoms with Crippen molar-refractivity contribution in [3.8, 4) is 0 Å². The molecule has 0 saturated carbocycles. The second kappa shape index (κ2) is 7.14. The van der Waals surface area contributed by atoms with Crippen molar-refractivity contribution in [2.75, 3.05) is 13.2 Å². The van der Waals surface area contributed by atoms with Crippen molar-refractivity contribution < 1.29 is 9.53 Å². The Kier molecular flexibility index (Phi) is 4.98. The molecule has 1 aromatic rings. The molecule has 0 spiro atoms. The molecule has 2 aliphatic heterocycles. The van der Waals surface area contributed by atoms with Gasteiger partial charge in [0.1, 0.15) is 6.61 Å². The van der Waals surface area contributed by atoms with Gasteiger partial charge in [-0.3, -0.25) is 0 Å². The number of ether oxygens (including phenoxy) is 1. The lowest BCUT2D eigenvalue weighted by Crippen LogP contribution is -2.55. The molecule has 2 fully saturated rings.